The highest BCUT2D eigenvalue weighted by atomic mass is 32.2. The summed E-state index contributed by atoms with van der Waals surface area (Å²) < 4.78 is 41.1. The lowest BCUT2D eigenvalue weighted by molar-refractivity contribution is -0.116. The molecule has 0 aliphatic carbocycles. The number of hydrogen-bond donors (Lipinski definition) is 1. The lowest BCUT2D eigenvalue weighted by Gasteiger charge is -2.16. The molecule has 1 aliphatic rings. The van der Waals surface area contributed by atoms with Gasteiger partial charge in [-0.15, -0.1) is 0 Å². The molecule has 1 aliphatic heterocycles. The smallest absolute Gasteiger partial charge is 0.271 e. The molecular formula is C18H20FN3O4S. The van der Waals surface area contributed by atoms with Gasteiger partial charge in [-0.25, -0.2) is 12.8 Å². The van der Waals surface area contributed by atoms with E-state index in [0.717, 1.165) is 17.4 Å². The zero-order chi connectivity index (χ0) is 19.6. The third-order valence-electron chi connectivity index (χ3n) is 4.44. The van der Waals surface area contributed by atoms with Crippen LogP contribution in [0.2, 0.25) is 0 Å². The highest BCUT2D eigenvalue weighted by molar-refractivity contribution is 7.89. The monoisotopic (exact) mass is 393 g/mol. The fraction of sp³-hybridized carbons (Fsp3) is 0.333. The zero-order valence-electron chi connectivity index (χ0n) is 14.8. The molecule has 0 radical (unpaired) electrons. The molecule has 144 valence electrons. The number of pyridine rings is 1. The van der Waals surface area contributed by atoms with E-state index in [9.17, 15) is 22.4 Å². The van der Waals surface area contributed by atoms with Crippen molar-refractivity contribution in [2.45, 2.75) is 31.2 Å². The molecule has 0 atom stereocenters. The molecule has 2 aromatic rings. The van der Waals surface area contributed by atoms with Crippen LogP contribution >= 0.6 is 0 Å². The Labute approximate surface area is 156 Å². The summed E-state index contributed by atoms with van der Waals surface area (Å²) in [4.78, 5) is 24.4. The summed E-state index contributed by atoms with van der Waals surface area (Å²) in [6.07, 6.45) is 2.87. The van der Waals surface area contributed by atoms with Gasteiger partial charge in [0, 0.05) is 25.0 Å². The van der Waals surface area contributed by atoms with Crippen LogP contribution in [0.5, 0.6) is 0 Å². The van der Waals surface area contributed by atoms with Gasteiger partial charge in [-0.05, 0) is 49.6 Å². The standard InChI is InChI=1S/C18H20FN3O4S/c1-13-6-7-14(11-15(13)19)20-17(23)12-21-8-4-5-16(18(21)24)27(25,26)22-9-2-3-10-22/h4-8,11H,2-3,9-10,12H2,1H3,(H,20,23). The molecule has 9 heteroatoms. The molecule has 1 amide bonds. The van der Waals surface area contributed by atoms with Gasteiger partial charge in [0.25, 0.3) is 5.56 Å². The van der Waals surface area contributed by atoms with Gasteiger partial charge in [0.1, 0.15) is 17.3 Å². The third kappa shape index (κ3) is 4.09. The minimum absolute atomic E-state index is 0.261. The van der Waals surface area contributed by atoms with E-state index >= 15 is 0 Å². The molecule has 1 aromatic carbocycles. The molecule has 0 spiro atoms. The molecule has 2 heterocycles. The number of nitrogens with one attached hydrogen (secondary N) is 1. The van der Waals surface area contributed by atoms with Crippen molar-refractivity contribution in [1.29, 1.82) is 0 Å². The highest BCUT2D eigenvalue weighted by Gasteiger charge is 2.30. The molecule has 1 aromatic heterocycles. The number of aromatic nitrogens is 1. The Morgan fingerprint density at radius 3 is 2.59 bits per heavy atom. The number of nitrogens with zero attached hydrogens (tertiary/aromatic N) is 2. The molecular weight excluding hydrogens is 373 g/mol. The Kier molecular flexibility index (Phi) is 5.43. The minimum atomic E-state index is -3.88. The summed E-state index contributed by atoms with van der Waals surface area (Å²) in [5, 5.41) is 2.50. The molecule has 1 saturated heterocycles. The quantitative estimate of drug-likeness (QED) is 0.838. The molecule has 27 heavy (non-hydrogen) atoms. The highest BCUT2D eigenvalue weighted by Crippen LogP contribution is 2.18. The summed E-state index contributed by atoms with van der Waals surface area (Å²) in [5.41, 5.74) is -0.0457. The van der Waals surface area contributed by atoms with Gasteiger partial charge in [-0.3, -0.25) is 9.59 Å². The summed E-state index contributed by atoms with van der Waals surface area (Å²) in [6.45, 7) is 2.00. The Morgan fingerprint density at radius 2 is 1.93 bits per heavy atom. The van der Waals surface area contributed by atoms with Crippen LogP contribution in [0.15, 0.2) is 46.2 Å². The number of carbonyl (C=O) groups is 1. The second-order valence-corrected chi connectivity index (χ2v) is 8.34. The maximum Gasteiger partial charge on any atom is 0.271 e. The summed E-state index contributed by atoms with van der Waals surface area (Å²) in [6, 6.07) is 6.93. The lowest BCUT2D eigenvalue weighted by atomic mass is 10.2. The van der Waals surface area contributed by atoms with Crippen molar-refractivity contribution in [3.63, 3.8) is 0 Å². The largest absolute Gasteiger partial charge is 0.324 e. The van der Waals surface area contributed by atoms with E-state index in [1.165, 1.54) is 34.8 Å². The summed E-state index contributed by atoms with van der Waals surface area (Å²) in [7, 11) is -3.88. The summed E-state index contributed by atoms with van der Waals surface area (Å²) in [5.74, 6) is -1.01. The number of halogens is 1. The first-order valence-electron chi connectivity index (χ1n) is 8.54. The first-order valence-corrected chi connectivity index (χ1v) is 9.98. The van der Waals surface area contributed by atoms with E-state index in [4.69, 9.17) is 0 Å². The van der Waals surface area contributed by atoms with Crippen LogP contribution in [0.3, 0.4) is 0 Å². The molecule has 0 saturated carbocycles. The van der Waals surface area contributed by atoms with Crippen molar-refractivity contribution in [2.24, 2.45) is 0 Å². The topological polar surface area (TPSA) is 88.5 Å². The van der Waals surface area contributed by atoms with E-state index < -0.39 is 27.3 Å². The summed E-state index contributed by atoms with van der Waals surface area (Å²) >= 11 is 0. The van der Waals surface area contributed by atoms with Crippen molar-refractivity contribution >= 4 is 21.6 Å². The van der Waals surface area contributed by atoms with Gasteiger partial charge in [0.2, 0.25) is 15.9 Å². The molecule has 3 rings (SSSR count). The molecule has 1 fully saturated rings. The SMILES string of the molecule is Cc1ccc(NC(=O)Cn2cccc(S(=O)(=O)N3CCCC3)c2=O)cc1F. The van der Waals surface area contributed by atoms with Crippen molar-refractivity contribution in [3.8, 4) is 0 Å². The van der Waals surface area contributed by atoms with Crippen molar-refractivity contribution in [2.75, 3.05) is 18.4 Å². The van der Waals surface area contributed by atoms with E-state index in [1.807, 2.05) is 0 Å². The van der Waals surface area contributed by atoms with Gasteiger partial charge in [-0.2, -0.15) is 4.31 Å². The van der Waals surface area contributed by atoms with E-state index in [1.54, 1.807) is 13.0 Å². The molecule has 7 nitrogen and oxygen atoms in total. The fourth-order valence-electron chi connectivity index (χ4n) is 2.93. The number of benzene rings is 1. The average Bonchev–Trinajstić information content (AvgIpc) is 3.15. The van der Waals surface area contributed by atoms with Crippen molar-refractivity contribution in [1.82, 2.24) is 8.87 Å². The van der Waals surface area contributed by atoms with Crippen molar-refractivity contribution < 1.29 is 17.6 Å². The second kappa shape index (κ2) is 7.61. The minimum Gasteiger partial charge on any atom is -0.324 e. The van der Waals surface area contributed by atoms with Crippen LogP contribution in [0.1, 0.15) is 18.4 Å². The van der Waals surface area contributed by atoms with Crippen molar-refractivity contribution in [3.05, 3.63) is 58.3 Å². The van der Waals surface area contributed by atoms with Crippen LogP contribution in [0, 0.1) is 12.7 Å². The number of anilines is 1. The molecule has 1 N–H and O–H groups in total. The number of amides is 1. The number of hydrogen-bond acceptors (Lipinski definition) is 4. The van der Waals surface area contributed by atoms with Crippen LogP contribution < -0.4 is 10.9 Å². The third-order valence-corrected chi connectivity index (χ3v) is 6.35. The predicted molar refractivity (Wildman–Crippen MR) is 98.5 cm³/mol. The Bertz CT molecular complexity index is 1030. The maximum absolute atomic E-state index is 13.6. The van der Waals surface area contributed by atoms with Crippen LogP contribution in [0.25, 0.3) is 0 Å². The Morgan fingerprint density at radius 1 is 1.22 bits per heavy atom. The van der Waals surface area contributed by atoms with Gasteiger partial charge < -0.3 is 9.88 Å². The predicted octanol–water partition coefficient (Wildman–Crippen LogP) is 1.72. The number of rotatable bonds is 5. The number of aryl methyl sites for hydroxylation is 1. The van der Waals surface area contributed by atoms with Gasteiger partial charge in [0.15, 0.2) is 0 Å². The fourth-order valence-corrected chi connectivity index (χ4v) is 4.53. The normalized spacial score (nSPS) is 15.0. The van der Waals surface area contributed by atoms with Gasteiger partial charge in [0.05, 0.1) is 0 Å². The average molecular weight is 393 g/mol. The Balaban J connectivity index is 1.80. The number of carbonyl (C=O) groups excluding carboxylic acids is 1. The second-order valence-electron chi connectivity index (χ2n) is 6.43. The van der Waals surface area contributed by atoms with Crippen LogP contribution in [-0.4, -0.2) is 36.3 Å². The van der Waals surface area contributed by atoms with E-state index in [-0.39, 0.29) is 17.1 Å². The van der Waals surface area contributed by atoms with Gasteiger partial charge >= 0.3 is 0 Å². The van der Waals surface area contributed by atoms with E-state index in [0.29, 0.717) is 18.7 Å². The zero-order valence-corrected chi connectivity index (χ0v) is 15.6. The Hall–Kier alpha value is -2.52. The van der Waals surface area contributed by atoms with E-state index in [2.05, 4.69) is 5.32 Å². The molecule has 0 bridgehead atoms. The lowest BCUT2D eigenvalue weighted by Crippen LogP contribution is -2.36. The van der Waals surface area contributed by atoms with Crippen LogP contribution in [-0.2, 0) is 21.4 Å². The number of sulfonamides is 1. The van der Waals surface area contributed by atoms with Gasteiger partial charge in [-0.1, -0.05) is 6.07 Å². The molecule has 0 unspecified atom stereocenters. The van der Waals surface area contributed by atoms with Crippen LogP contribution in [0.4, 0.5) is 10.1 Å². The first-order chi connectivity index (χ1) is 12.8. The maximum atomic E-state index is 13.6. The first kappa shape index (κ1) is 19.2.